The predicted octanol–water partition coefficient (Wildman–Crippen LogP) is 5.20. The molecule has 6 nitrogen and oxygen atoms in total. The molecule has 1 heterocycles. The average molecular weight is 449 g/mol. The maximum atomic E-state index is 13.1. The number of amides is 1. The first-order valence-corrected chi connectivity index (χ1v) is 10.8. The van der Waals surface area contributed by atoms with Gasteiger partial charge in [0.2, 0.25) is 5.91 Å². The fraction of sp³-hybridized carbons (Fsp3) is 0.125. The van der Waals surface area contributed by atoms with Crippen molar-refractivity contribution in [1.82, 2.24) is 14.8 Å². The van der Waals surface area contributed by atoms with Gasteiger partial charge in [-0.2, -0.15) is 0 Å². The lowest BCUT2D eigenvalue weighted by atomic mass is 10.2. The maximum Gasteiger partial charge on any atom is 0.237 e. The van der Waals surface area contributed by atoms with Crippen LogP contribution in [0, 0.1) is 5.82 Å². The molecule has 0 fully saturated rings. The molecule has 0 aliphatic rings. The van der Waals surface area contributed by atoms with E-state index < -0.39 is 5.25 Å². The van der Waals surface area contributed by atoms with E-state index in [9.17, 15) is 9.18 Å². The number of benzene rings is 3. The Morgan fingerprint density at radius 2 is 1.69 bits per heavy atom. The van der Waals surface area contributed by atoms with Gasteiger partial charge in [0, 0.05) is 16.9 Å². The molecule has 1 unspecified atom stereocenters. The number of nitrogens with one attached hydrogen (secondary N) is 1. The van der Waals surface area contributed by atoms with Crippen molar-refractivity contribution in [2.75, 3.05) is 12.4 Å². The van der Waals surface area contributed by atoms with E-state index in [0.717, 1.165) is 17.0 Å². The van der Waals surface area contributed by atoms with E-state index in [2.05, 4.69) is 15.5 Å². The van der Waals surface area contributed by atoms with E-state index >= 15 is 0 Å². The van der Waals surface area contributed by atoms with Crippen LogP contribution in [0.2, 0.25) is 0 Å². The number of carbonyl (C=O) groups is 1. The zero-order chi connectivity index (χ0) is 22.5. The van der Waals surface area contributed by atoms with E-state index in [1.54, 1.807) is 14.0 Å². The lowest BCUT2D eigenvalue weighted by Gasteiger charge is -2.14. The van der Waals surface area contributed by atoms with Crippen molar-refractivity contribution >= 4 is 23.4 Å². The Bertz CT molecular complexity index is 1200. The third kappa shape index (κ3) is 4.81. The van der Waals surface area contributed by atoms with Crippen LogP contribution in [-0.2, 0) is 4.79 Å². The summed E-state index contributed by atoms with van der Waals surface area (Å²) >= 11 is 1.30. The maximum absolute atomic E-state index is 13.1. The SMILES string of the molecule is COc1ccc(-c2nnc(SC(C)C(=O)Nc3ccc(F)cc3)n2-c2ccccc2)cc1. The first-order chi connectivity index (χ1) is 15.5. The summed E-state index contributed by atoms with van der Waals surface area (Å²) in [7, 11) is 1.62. The van der Waals surface area contributed by atoms with E-state index in [4.69, 9.17) is 4.74 Å². The van der Waals surface area contributed by atoms with Gasteiger partial charge < -0.3 is 10.1 Å². The highest BCUT2D eigenvalue weighted by atomic mass is 32.2. The van der Waals surface area contributed by atoms with Gasteiger partial charge in [-0.05, 0) is 67.6 Å². The third-order valence-corrected chi connectivity index (χ3v) is 5.80. The number of methoxy groups -OCH3 is 1. The quantitative estimate of drug-likeness (QED) is 0.394. The number of carbonyl (C=O) groups excluding carboxylic acids is 1. The van der Waals surface area contributed by atoms with E-state index in [1.165, 1.54) is 36.0 Å². The highest BCUT2D eigenvalue weighted by Crippen LogP contribution is 2.31. The number of thioether (sulfide) groups is 1. The minimum atomic E-state index is -0.463. The van der Waals surface area contributed by atoms with Gasteiger partial charge in [-0.1, -0.05) is 30.0 Å². The molecular formula is C24H21FN4O2S. The van der Waals surface area contributed by atoms with E-state index in [1.807, 2.05) is 59.2 Å². The lowest BCUT2D eigenvalue weighted by Crippen LogP contribution is -2.22. The fourth-order valence-electron chi connectivity index (χ4n) is 3.07. The molecule has 0 bridgehead atoms. The number of nitrogens with zero attached hydrogens (tertiary/aromatic N) is 3. The highest BCUT2D eigenvalue weighted by Gasteiger charge is 2.22. The Balaban J connectivity index is 1.62. The fourth-order valence-corrected chi connectivity index (χ4v) is 3.94. The van der Waals surface area contributed by atoms with Crippen LogP contribution in [0.4, 0.5) is 10.1 Å². The van der Waals surface area contributed by atoms with Crippen LogP contribution in [-0.4, -0.2) is 33.0 Å². The molecule has 0 aliphatic heterocycles. The van der Waals surface area contributed by atoms with Gasteiger partial charge in [0.25, 0.3) is 0 Å². The van der Waals surface area contributed by atoms with Gasteiger partial charge >= 0.3 is 0 Å². The first kappa shape index (κ1) is 21.6. The smallest absolute Gasteiger partial charge is 0.237 e. The highest BCUT2D eigenvalue weighted by molar-refractivity contribution is 8.00. The monoisotopic (exact) mass is 448 g/mol. The van der Waals surface area contributed by atoms with Crippen molar-refractivity contribution in [3.8, 4) is 22.8 Å². The number of halogens is 1. The molecule has 0 saturated heterocycles. The van der Waals surface area contributed by atoms with Crippen molar-refractivity contribution in [3.63, 3.8) is 0 Å². The van der Waals surface area contributed by atoms with Crippen molar-refractivity contribution in [2.45, 2.75) is 17.3 Å². The number of hydrogen-bond donors (Lipinski definition) is 1. The summed E-state index contributed by atoms with van der Waals surface area (Å²) in [6, 6.07) is 23.0. The number of rotatable bonds is 7. The van der Waals surface area contributed by atoms with Crippen molar-refractivity contribution in [3.05, 3.63) is 84.7 Å². The molecule has 4 aromatic rings. The minimum absolute atomic E-state index is 0.213. The molecular weight excluding hydrogens is 427 g/mol. The van der Waals surface area contributed by atoms with Gasteiger partial charge in [0.05, 0.1) is 12.4 Å². The molecule has 32 heavy (non-hydrogen) atoms. The average Bonchev–Trinajstić information content (AvgIpc) is 3.24. The Morgan fingerprint density at radius 1 is 1.00 bits per heavy atom. The summed E-state index contributed by atoms with van der Waals surface area (Å²) < 4.78 is 20.3. The number of anilines is 1. The second-order valence-corrected chi connectivity index (χ2v) is 8.27. The normalized spacial score (nSPS) is 11.7. The summed E-state index contributed by atoms with van der Waals surface area (Å²) in [5.74, 6) is 0.843. The van der Waals surface area contributed by atoms with Crippen molar-refractivity contribution in [1.29, 1.82) is 0 Å². The Hall–Kier alpha value is -3.65. The van der Waals surface area contributed by atoms with Crippen LogP contribution in [0.1, 0.15) is 6.92 Å². The van der Waals surface area contributed by atoms with Gasteiger partial charge in [-0.3, -0.25) is 9.36 Å². The van der Waals surface area contributed by atoms with Crippen molar-refractivity contribution in [2.24, 2.45) is 0 Å². The Labute approximate surface area is 189 Å². The number of ether oxygens (including phenoxy) is 1. The molecule has 1 atom stereocenters. The third-order valence-electron chi connectivity index (χ3n) is 4.76. The molecule has 0 spiro atoms. The van der Waals surface area contributed by atoms with E-state index in [-0.39, 0.29) is 11.7 Å². The summed E-state index contributed by atoms with van der Waals surface area (Å²) in [5.41, 5.74) is 2.29. The molecule has 0 saturated carbocycles. The predicted molar refractivity (Wildman–Crippen MR) is 124 cm³/mol. The van der Waals surface area contributed by atoms with Gasteiger partial charge in [0.1, 0.15) is 11.6 Å². The first-order valence-electron chi connectivity index (χ1n) is 9.93. The second-order valence-electron chi connectivity index (χ2n) is 6.96. The lowest BCUT2D eigenvalue weighted by molar-refractivity contribution is -0.115. The second kappa shape index (κ2) is 9.65. The number of para-hydroxylation sites is 1. The van der Waals surface area contributed by atoms with Crippen LogP contribution in [0.3, 0.4) is 0 Å². The molecule has 162 valence electrons. The van der Waals surface area contributed by atoms with Crippen LogP contribution in [0.5, 0.6) is 5.75 Å². The van der Waals surface area contributed by atoms with Crippen LogP contribution in [0.25, 0.3) is 17.1 Å². The summed E-state index contributed by atoms with van der Waals surface area (Å²) in [4.78, 5) is 12.7. The summed E-state index contributed by atoms with van der Waals surface area (Å²) in [5, 5.41) is 11.7. The van der Waals surface area contributed by atoms with Crippen LogP contribution >= 0.6 is 11.8 Å². The molecule has 4 rings (SSSR count). The molecule has 1 aromatic heterocycles. The number of aromatic nitrogens is 3. The van der Waals surface area contributed by atoms with Gasteiger partial charge in [-0.15, -0.1) is 10.2 Å². The summed E-state index contributed by atoms with van der Waals surface area (Å²) in [6.07, 6.45) is 0. The standard InChI is InChI=1S/C24H21FN4O2S/c1-16(23(30)26-19-12-10-18(25)11-13-19)32-24-28-27-22(17-8-14-21(31-2)15-9-17)29(24)20-6-4-3-5-7-20/h3-16H,1-2H3,(H,26,30). The molecule has 8 heteroatoms. The molecule has 0 aliphatic carbocycles. The zero-order valence-corrected chi connectivity index (χ0v) is 18.3. The van der Waals surface area contributed by atoms with E-state index in [0.29, 0.717) is 16.7 Å². The van der Waals surface area contributed by atoms with Gasteiger partial charge in [-0.25, -0.2) is 4.39 Å². The molecule has 1 amide bonds. The molecule has 1 N–H and O–H groups in total. The molecule has 3 aromatic carbocycles. The van der Waals surface area contributed by atoms with Crippen molar-refractivity contribution < 1.29 is 13.9 Å². The topological polar surface area (TPSA) is 69.0 Å². The van der Waals surface area contributed by atoms with Crippen LogP contribution in [0.15, 0.2) is 84.0 Å². The zero-order valence-electron chi connectivity index (χ0n) is 17.5. The minimum Gasteiger partial charge on any atom is -0.497 e. The van der Waals surface area contributed by atoms with Crippen LogP contribution < -0.4 is 10.1 Å². The molecule has 0 radical (unpaired) electrons. The Kier molecular flexibility index (Phi) is 6.51. The number of hydrogen-bond acceptors (Lipinski definition) is 5. The Morgan fingerprint density at radius 3 is 2.34 bits per heavy atom. The summed E-state index contributed by atoms with van der Waals surface area (Å²) in [6.45, 7) is 1.79. The van der Waals surface area contributed by atoms with Gasteiger partial charge in [0.15, 0.2) is 11.0 Å². The largest absolute Gasteiger partial charge is 0.497 e.